The Kier molecular flexibility index (Phi) is 5.53. The van der Waals surface area contributed by atoms with Crippen LogP contribution in [0, 0.1) is 20.8 Å². The zero-order valence-electron chi connectivity index (χ0n) is 16.8. The molecule has 0 fully saturated rings. The summed E-state index contributed by atoms with van der Waals surface area (Å²) in [4.78, 5) is 26.6. The third-order valence-electron chi connectivity index (χ3n) is 5.09. The molecule has 2 heterocycles. The van der Waals surface area contributed by atoms with E-state index in [9.17, 15) is 9.59 Å². The van der Waals surface area contributed by atoms with Gasteiger partial charge in [-0.1, -0.05) is 5.16 Å². The van der Waals surface area contributed by atoms with E-state index in [2.05, 4.69) is 5.16 Å². The molecule has 3 aromatic rings. The van der Waals surface area contributed by atoms with E-state index in [4.69, 9.17) is 13.7 Å². The van der Waals surface area contributed by atoms with E-state index in [1.54, 1.807) is 25.1 Å². The van der Waals surface area contributed by atoms with E-state index >= 15 is 0 Å². The zero-order chi connectivity index (χ0) is 20.4. The van der Waals surface area contributed by atoms with Crippen molar-refractivity contribution < 1.29 is 18.5 Å². The molecule has 1 aromatic carbocycles. The van der Waals surface area contributed by atoms with Crippen LogP contribution in [0.3, 0.4) is 0 Å². The van der Waals surface area contributed by atoms with Crippen LogP contribution in [-0.4, -0.2) is 30.1 Å². The number of carbonyl (C=O) groups is 1. The van der Waals surface area contributed by atoms with Gasteiger partial charge in [0.15, 0.2) is 0 Å². The number of fused-ring (bicyclic) bond motifs is 1. The number of carbonyl (C=O) groups excluding carboxylic acids is 1. The van der Waals surface area contributed by atoms with Gasteiger partial charge in [0.05, 0.1) is 19.3 Å². The standard InChI is InChI=1S/C21H24N2O5/c1-12-16-7-6-15(26-5)10-19(16)27-21(25)17(12)8-9-20(24)23(4)11-18-13(2)22-28-14(18)3/h6-7,10H,8-9,11H2,1-5H3. The maximum Gasteiger partial charge on any atom is 0.339 e. The summed E-state index contributed by atoms with van der Waals surface area (Å²) in [5.41, 5.74) is 3.10. The SMILES string of the molecule is COc1ccc2c(C)c(CCC(=O)N(C)Cc3c(C)noc3C)c(=O)oc2c1. The first-order chi connectivity index (χ1) is 13.3. The van der Waals surface area contributed by atoms with Gasteiger partial charge >= 0.3 is 5.63 Å². The van der Waals surface area contributed by atoms with Gasteiger partial charge in [0.25, 0.3) is 0 Å². The predicted molar refractivity (Wildman–Crippen MR) is 105 cm³/mol. The first-order valence-electron chi connectivity index (χ1n) is 9.07. The highest BCUT2D eigenvalue weighted by atomic mass is 16.5. The number of hydrogen-bond acceptors (Lipinski definition) is 6. The Morgan fingerprint density at radius 2 is 1.96 bits per heavy atom. The predicted octanol–water partition coefficient (Wildman–Crippen LogP) is 3.31. The van der Waals surface area contributed by atoms with Crippen molar-refractivity contribution in [3.63, 3.8) is 0 Å². The summed E-state index contributed by atoms with van der Waals surface area (Å²) in [6.45, 7) is 5.97. The molecule has 0 saturated heterocycles. The van der Waals surface area contributed by atoms with E-state index < -0.39 is 5.63 Å². The third kappa shape index (κ3) is 3.78. The molecule has 0 bridgehead atoms. The van der Waals surface area contributed by atoms with Gasteiger partial charge in [0, 0.05) is 36.0 Å². The monoisotopic (exact) mass is 384 g/mol. The zero-order valence-corrected chi connectivity index (χ0v) is 16.8. The van der Waals surface area contributed by atoms with Gasteiger partial charge in [0.1, 0.15) is 17.1 Å². The van der Waals surface area contributed by atoms with Gasteiger partial charge in [0.2, 0.25) is 5.91 Å². The lowest BCUT2D eigenvalue weighted by molar-refractivity contribution is -0.130. The number of methoxy groups -OCH3 is 1. The molecule has 2 aromatic heterocycles. The number of amides is 1. The van der Waals surface area contributed by atoms with Crippen molar-refractivity contribution in [3.05, 3.63) is 56.8 Å². The average Bonchev–Trinajstić information content (AvgIpc) is 2.98. The number of benzene rings is 1. The Morgan fingerprint density at radius 1 is 1.21 bits per heavy atom. The summed E-state index contributed by atoms with van der Waals surface area (Å²) < 4.78 is 15.8. The van der Waals surface area contributed by atoms with E-state index in [1.807, 2.05) is 32.9 Å². The van der Waals surface area contributed by atoms with Crippen molar-refractivity contribution in [2.75, 3.05) is 14.2 Å². The van der Waals surface area contributed by atoms with Crippen molar-refractivity contribution >= 4 is 16.9 Å². The van der Waals surface area contributed by atoms with Gasteiger partial charge < -0.3 is 18.6 Å². The first-order valence-corrected chi connectivity index (χ1v) is 9.07. The number of aryl methyl sites for hydroxylation is 3. The van der Waals surface area contributed by atoms with E-state index in [0.29, 0.717) is 35.6 Å². The molecule has 148 valence electrons. The van der Waals surface area contributed by atoms with Crippen LogP contribution in [0.4, 0.5) is 0 Å². The molecule has 7 nitrogen and oxygen atoms in total. The molecule has 0 aliphatic heterocycles. The number of rotatable bonds is 6. The molecule has 3 rings (SSSR count). The fourth-order valence-corrected chi connectivity index (χ4v) is 3.27. The minimum atomic E-state index is -0.417. The molecule has 0 spiro atoms. The van der Waals surface area contributed by atoms with Crippen LogP contribution in [0.5, 0.6) is 5.75 Å². The van der Waals surface area contributed by atoms with E-state index in [1.165, 1.54) is 0 Å². The molecule has 0 N–H and O–H groups in total. The Bertz CT molecular complexity index is 1060. The highest BCUT2D eigenvalue weighted by Gasteiger charge is 2.18. The molecule has 0 unspecified atom stereocenters. The Balaban J connectivity index is 1.75. The summed E-state index contributed by atoms with van der Waals surface area (Å²) in [5, 5.41) is 4.75. The van der Waals surface area contributed by atoms with Gasteiger partial charge in [-0.3, -0.25) is 4.79 Å². The lowest BCUT2D eigenvalue weighted by Gasteiger charge is -2.17. The van der Waals surface area contributed by atoms with Crippen LogP contribution in [0.15, 0.2) is 31.9 Å². The largest absolute Gasteiger partial charge is 0.497 e. The maximum atomic E-state index is 12.6. The maximum absolute atomic E-state index is 12.6. The van der Waals surface area contributed by atoms with E-state index in [0.717, 1.165) is 22.2 Å². The fraction of sp³-hybridized carbons (Fsp3) is 0.381. The van der Waals surface area contributed by atoms with Crippen molar-refractivity contribution in [1.29, 1.82) is 0 Å². The number of aromatic nitrogens is 1. The molecule has 0 saturated carbocycles. The van der Waals surface area contributed by atoms with Crippen LogP contribution in [0.25, 0.3) is 11.0 Å². The quantitative estimate of drug-likeness (QED) is 0.606. The highest BCUT2D eigenvalue weighted by Crippen LogP contribution is 2.24. The molecule has 0 aliphatic rings. The summed E-state index contributed by atoms with van der Waals surface area (Å²) in [6, 6.07) is 5.37. The lowest BCUT2D eigenvalue weighted by Crippen LogP contribution is -2.27. The van der Waals surface area contributed by atoms with Gasteiger partial charge in [-0.25, -0.2) is 4.79 Å². The van der Waals surface area contributed by atoms with Crippen LogP contribution in [0.2, 0.25) is 0 Å². The van der Waals surface area contributed by atoms with Gasteiger partial charge in [-0.2, -0.15) is 0 Å². The summed E-state index contributed by atoms with van der Waals surface area (Å²) in [7, 11) is 3.29. The van der Waals surface area contributed by atoms with Crippen molar-refractivity contribution in [3.8, 4) is 5.75 Å². The topological polar surface area (TPSA) is 85.8 Å². The summed E-state index contributed by atoms with van der Waals surface area (Å²) >= 11 is 0. The summed E-state index contributed by atoms with van der Waals surface area (Å²) in [5.74, 6) is 1.27. The second kappa shape index (κ2) is 7.88. The Labute approximate surface area is 162 Å². The molecule has 0 radical (unpaired) electrons. The number of ether oxygens (including phenoxy) is 1. The molecule has 28 heavy (non-hydrogen) atoms. The van der Waals surface area contributed by atoms with Crippen molar-refractivity contribution in [2.45, 2.75) is 40.2 Å². The van der Waals surface area contributed by atoms with Crippen LogP contribution >= 0.6 is 0 Å². The first kappa shape index (κ1) is 19.7. The van der Waals surface area contributed by atoms with Crippen molar-refractivity contribution in [1.82, 2.24) is 10.1 Å². The van der Waals surface area contributed by atoms with Crippen molar-refractivity contribution in [2.24, 2.45) is 0 Å². The summed E-state index contributed by atoms with van der Waals surface area (Å²) in [6.07, 6.45) is 0.536. The highest BCUT2D eigenvalue weighted by molar-refractivity contribution is 5.82. The van der Waals surface area contributed by atoms with E-state index in [-0.39, 0.29) is 12.3 Å². The normalized spacial score (nSPS) is 11.0. The minimum Gasteiger partial charge on any atom is -0.497 e. The molecular weight excluding hydrogens is 360 g/mol. The molecule has 0 aliphatic carbocycles. The number of hydrogen-bond donors (Lipinski definition) is 0. The minimum absolute atomic E-state index is 0.0615. The molecule has 0 atom stereocenters. The Hall–Kier alpha value is -3.09. The van der Waals surface area contributed by atoms with Gasteiger partial charge in [-0.05, 0) is 44.9 Å². The molecule has 1 amide bonds. The lowest BCUT2D eigenvalue weighted by atomic mass is 10.0. The van der Waals surface area contributed by atoms with Crippen LogP contribution < -0.4 is 10.4 Å². The fourth-order valence-electron chi connectivity index (χ4n) is 3.27. The second-order valence-electron chi connectivity index (χ2n) is 6.91. The molecular formula is C21H24N2O5. The molecule has 7 heteroatoms. The Morgan fingerprint density at radius 3 is 2.61 bits per heavy atom. The van der Waals surface area contributed by atoms with Crippen LogP contribution in [-0.2, 0) is 17.8 Å². The average molecular weight is 384 g/mol. The second-order valence-corrected chi connectivity index (χ2v) is 6.91. The van der Waals surface area contributed by atoms with Gasteiger partial charge in [-0.15, -0.1) is 0 Å². The van der Waals surface area contributed by atoms with Crippen LogP contribution in [0.1, 0.15) is 34.6 Å². The number of nitrogens with zero attached hydrogens (tertiary/aromatic N) is 2. The smallest absolute Gasteiger partial charge is 0.339 e. The third-order valence-corrected chi connectivity index (χ3v) is 5.09.